The predicted molar refractivity (Wildman–Crippen MR) is 84.3 cm³/mol. The van der Waals surface area contributed by atoms with Crippen LogP contribution in [-0.4, -0.2) is 40.1 Å². The molecule has 0 unspecified atom stereocenters. The third-order valence-corrected chi connectivity index (χ3v) is 4.17. The molecule has 0 fully saturated rings. The summed E-state index contributed by atoms with van der Waals surface area (Å²) in [5.74, 6) is -0.915. The van der Waals surface area contributed by atoms with Gasteiger partial charge in [-0.15, -0.1) is 0 Å². The Hall–Kier alpha value is -1.24. The van der Waals surface area contributed by atoms with Gasteiger partial charge in [-0.2, -0.15) is 0 Å². The van der Waals surface area contributed by atoms with Crippen LogP contribution >= 0.6 is 23.4 Å². The van der Waals surface area contributed by atoms with Crippen LogP contribution in [0.15, 0.2) is 23.4 Å². The van der Waals surface area contributed by atoms with Crippen LogP contribution < -0.4 is 0 Å². The topological polar surface area (TPSA) is 64.3 Å². The first-order valence-corrected chi connectivity index (χ1v) is 7.73. The summed E-state index contributed by atoms with van der Waals surface area (Å²) in [4.78, 5) is 15.3. The van der Waals surface area contributed by atoms with Crippen LogP contribution in [0.2, 0.25) is 5.02 Å². The maximum absolute atomic E-state index is 10.8. The highest BCUT2D eigenvalue weighted by Crippen LogP contribution is 2.32. The number of fused-ring (bicyclic) bond motifs is 1. The molecule has 0 bridgehead atoms. The van der Waals surface area contributed by atoms with Crippen LogP contribution in [0.3, 0.4) is 0 Å². The second-order valence-corrected chi connectivity index (χ2v) is 6.67. The summed E-state index contributed by atoms with van der Waals surface area (Å²) >= 11 is 7.27. The van der Waals surface area contributed by atoms with Crippen LogP contribution in [0, 0.1) is 0 Å². The van der Waals surface area contributed by atoms with Crippen molar-refractivity contribution in [2.75, 3.05) is 19.5 Å². The number of thioether (sulfide) groups is 1. The molecule has 1 aromatic heterocycles. The molecule has 0 saturated heterocycles. The van der Waals surface area contributed by atoms with Crippen molar-refractivity contribution in [2.24, 2.45) is 0 Å². The first-order chi connectivity index (χ1) is 9.85. The fraction of sp³-hybridized carbons (Fsp3) is 0.429. The van der Waals surface area contributed by atoms with E-state index in [9.17, 15) is 4.79 Å². The van der Waals surface area contributed by atoms with E-state index in [1.807, 2.05) is 30.5 Å². The molecule has 1 N–H and O–H groups in total. The third-order valence-electron chi connectivity index (χ3n) is 3.01. The summed E-state index contributed by atoms with van der Waals surface area (Å²) < 4.78 is 7.27. The average Bonchev–Trinajstić information content (AvgIpc) is 2.74. The predicted octanol–water partition coefficient (Wildman–Crippen LogP) is 3.25. The standard InChI is InChI=1S/C14H17ClN2O3S/c1-14(2,8-20-3)17-11-6-9(15)4-5-10(11)16-13(17)21-7-12(18)19/h4-6H,7-8H2,1-3H3,(H,18,19). The van der Waals surface area contributed by atoms with Crippen molar-refractivity contribution in [3.05, 3.63) is 23.2 Å². The highest BCUT2D eigenvalue weighted by Gasteiger charge is 2.27. The minimum atomic E-state index is -0.874. The van der Waals surface area contributed by atoms with Gasteiger partial charge < -0.3 is 14.4 Å². The molecule has 0 saturated carbocycles. The van der Waals surface area contributed by atoms with Crippen LogP contribution in [0.5, 0.6) is 0 Å². The van der Waals surface area contributed by atoms with E-state index >= 15 is 0 Å². The zero-order valence-corrected chi connectivity index (χ0v) is 13.7. The zero-order chi connectivity index (χ0) is 15.6. The van der Waals surface area contributed by atoms with Gasteiger partial charge in [-0.05, 0) is 32.0 Å². The SMILES string of the molecule is COCC(C)(C)n1c(SCC(=O)O)nc2ccc(Cl)cc21. The van der Waals surface area contributed by atoms with Crippen molar-refractivity contribution in [2.45, 2.75) is 24.5 Å². The van der Waals surface area contributed by atoms with Gasteiger partial charge in [-0.1, -0.05) is 23.4 Å². The summed E-state index contributed by atoms with van der Waals surface area (Å²) in [6, 6.07) is 5.45. The maximum atomic E-state index is 10.8. The molecule has 21 heavy (non-hydrogen) atoms. The van der Waals surface area contributed by atoms with Gasteiger partial charge in [0.1, 0.15) is 0 Å². The number of nitrogens with zero attached hydrogens (tertiary/aromatic N) is 2. The second-order valence-electron chi connectivity index (χ2n) is 5.29. The fourth-order valence-corrected chi connectivity index (χ4v) is 3.31. The highest BCUT2D eigenvalue weighted by atomic mass is 35.5. The quantitative estimate of drug-likeness (QED) is 0.825. The summed E-state index contributed by atoms with van der Waals surface area (Å²) in [6.45, 7) is 4.51. The second kappa shape index (κ2) is 6.25. The van der Waals surface area contributed by atoms with E-state index in [4.69, 9.17) is 21.4 Å². The molecule has 0 aliphatic carbocycles. The lowest BCUT2D eigenvalue weighted by molar-refractivity contribution is -0.133. The van der Waals surface area contributed by atoms with Gasteiger partial charge in [0.05, 0.1) is 28.9 Å². The van der Waals surface area contributed by atoms with Crippen LogP contribution in [0.1, 0.15) is 13.8 Å². The van der Waals surface area contributed by atoms with E-state index in [2.05, 4.69) is 4.98 Å². The van der Waals surface area contributed by atoms with Crippen LogP contribution in [0.4, 0.5) is 0 Å². The first-order valence-electron chi connectivity index (χ1n) is 6.37. The Morgan fingerprint density at radius 1 is 1.52 bits per heavy atom. The molecule has 1 heterocycles. The van der Waals surface area contributed by atoms with Crippen molar-refractivity contribution in [3.8, 4) is 0 Å². The number of aromatic nitrogens is 2. The number of carboxylic acids is 1. The minimum absolute atomic E-state index is 0.0416. The van der Waals surface area contributed by atoms with E-state index in [1.54, 1.807) is 13.2 Å². The van der Waals surface area contributed by atoms with Gasteiger partial charge in [0.15, 0.2) is 5.16 Å². The van der Waals surface area contributed by atoms with Crippen molar-refractivity contribution in [3.63, 3.8) is 0 Å². The first kappa shape index (κ1) is 16.1. The Morgan fingerprint density at radius 2 is 2.24 bits per heavy atom. The zero-order valence-electron chi connectivity index (χ0n) is 12.1. The minimum Gasteiger partial charge on any atom is -0.481 e. The number of hydrogen-bond donors (Lipinski definition) is 1. The maximum Gasteiger partial charge on any atom is 0.313 e. The number of hydrogen-bond acceptors (Lipinski definition) is 4. The normalized spacial score (nSPS) is 12.0. The number of carbonyl (C=O) groups is 1. The van der Waals surface area contributed by atoms with E-state index in [-0.39, 0.29) is 11.3 Å². The number of benzene rings is 1. The molecule has 0 amide bonds. The average molecular weight is 329 g/mol. The molecule has 1 aromatic carbocycles. The van der Waals surface area contributed by atoms with Crippen molar-refractivity contribution >= 4 is 40.4 Å². The molecule has 2 aromatic rings. The van der Waals surface area contributed by atoms with Gasteiger partial charge in [-0.25, -0.2) is 4.98 Å². The van der Waals surface area contributed by atoms with E-state index in [0.717, 1.165) is 11.0 Å². The molecule has 2 rings (SSSR count). The molecule has 0 aliphatic heterocycles. The molecule has 0 spiro atoms. The van der Waals surface area contributed by atoms with Crippen molar-refractivity contribution in [1.82, 2.24) is 9.55 Å². The molecule has 114 valence electrons. The largest absolute Gasteiger partial charge is 0.481 e. The monoisotopic (exact) mass is 328 g/mol. The van der Waals surface area contributed by atoms with Crippen molar-refractivity contribution < 1.29 is 14.6 Å². The Labute approximate surface area is 132 Å². The Balaban J connectivity index is 2.58. The number of rotatable bonds is 6. The molecular formula is C14H17ClN2O3S. The number of methoxy groups -OCH3 is 1. The third kappa shape index (κ3) is 3.51. The molecule has 0 atom stereocenters. The van der Waals surface area contributed by atoms with Crippen LogP contribution in [0.25, 0.3) is 11.0 Å². The molecular weight excluding hydrogens is 312 g/mol. The van der Waals surface area contributed by atoms with Crippen LogP contribution in [-0.2, 0) is 15.1 Å². The lowest BCUT2D eigenvalue weighted by atomic mass is 10.1. The Bertz CT molecular complexity index is 670. The number of halogens is 1. The number of ether oxygens (including phenoxy) is 1. The summed E-state index contributed by atoms with van der Waals surface area (Å²) in [6.07, 6.45) is 0. The number of aliphatic carboxylic acids is 1. The van der Waals surface area contributed by atoms with E-state index < -0.39 is 5.97 Å². The van der Waals surface area contributed by atoms with Gasteiger partial charge >= 0.3 is 5.97 Å². The Kier molecular flexibility index (Phi) is 4.81. The number of carboxylic acid groups (broad SMARTS) is 1. The summed E-state index contributed by atoms with van der Waals surface area (Å²) in [5, 5.41) is 10.2. The summed E-state index contributed by atoms with van der Waals surface area (Å²) in [5.41, 5.74) is 1.29. The lowest BCUT2D eigenvalue weighted by Crippen LogP contribution is -2.32. The number of imidazole rings is 1. The van der Waals surface area contributed by atoms with E-state index in [0.29, 0.717) is 16.8 Å². The van der Waals surface area contributed by atoms with Gasteiger partial charge in [0.25, 0.3) is 0 Å². The Morgan fingerprint density at radius 3 is 2.86 bits per heavy atom. The summed E-state index contributed by atoms with van der Waals surface area (Å²) in [7, 11) is 1.64. The molecule has 0 radical (unpaired) electrons. The molecule has 7 heteroatoms. The smallest absolute Gasteiger partial charge is 0.313 e. The van der Waals surface area contributed by atoms with Gasteiger partial charge in [0, 0.05) is 12.1 Å². The lowest BCUT2D eigenvalue weighted by Gasteiger charge is -2.28. The fourth-order valence-electron chi connectivity index (χ4n) is 2.25. The highest BCUT2D eigenvalue weighted by molar-refractivity contribution is 7.99. The molecule has 0 aliphatic rings. The molecule has 5 nitrogen and oxygen atoms in total. The van der Waals surface area contributed by atoms with E-state index in [1.165, 1.54) is 11.8 Å². The van der Waals surface area contributed by atoms with Gasteiger partial charge in [0.2, 0.25) is 0 Å². The van der Waals surface area contributed by atoms with Crippen molar-refractivity contribution in [1.29, 1.82) is 0 Å². The van der Waals surface area contributed by atoms with Gasteiger partial charge in [-0.3, -0.25) is 4.79 Å².